The maximum Gasteiger partial charge on any atom is 0.288 e. The number of hydrogen-bond donors (Lipinski definition) is 0. The summed E-state index contributed by atoms with van der Waals surface area (Å²) >= 11 is 8.06. The Morgan fingerprint density at radius 3 is 2.47 bits per heavy atom. The molecule has 0 atom stereocenters. The quantitative estimate of drug-likeness (QED) is 0.424. The number of halogens is 2. The highest BCUT2D eigenvalue weighted by molar-refractivity contribution is 14.1. The molecule has 0 fully saturated rings. The van der Waals surface area contributed by atoms with Crippen LogP contribution in [0, 0.1) is 20.6 Å². The third-order valence-electron chi connectivity index (χ3n) is 2.48. The fraction of sp³-hybridized carbons (Fsp3) is 0.0769. The maximum absolute atomic E-state index is 10.8. The van der Waals surface area contributed by atoms with E-state index in [4.69, 9.17) is 16.3 Å². The van der Waals surface area contributed by atoms with Crippen molar-refractivity contribution in [2.75, 3.05) is 0 Å². The summed E-state index contributed by atoms with van der Waals surface area (Å²) in [4.78, 5) is 10.3. The van der Waals surface area contributed by atoms with Crippen LogP contribution in [0.25, 0.3) is 0 Å². The lowest BCUT2D eigenvalue weighted by Crippen LogP contribution is -1.93. The van der Waals surface area contributed by atoms with E-state index in [2.05, 4.69) is 22.6 Å². The van der Waals surface area contributed by atoms with Crippen molar-refractivity contribution in [2.45, 2.75) is 6.92 Å². The molecule has 0 amide bonds. The number of ether oxygens (including phenoxy) is 1. The number of benzene rings is 2. The van der Waals surface area contributed by atoms with Gasteiger partial charge in [0.25, 0.3) is 5.69 Å². The molecule has 0 saturated heterocycles. The van der Waals surface area contributed by atoms with Crippen molar-refractivity contribution in [3.05, 3.63) is 60.7 Å². The summed E-state index contributed by atoms with van der Waals surface area (Å²) in [5.41, 5.74) is 0.545. The summed E-state index contributed by atoms with van der Waals surface area (Å²) < 4.78 is 6.77. The van der Waals surface area contributed by atoms with E-state index in [9.17, 15) is 10.1 Å². The molecule has 0 N–H and O–H groups in total. The van der Waals surface area contributed by atoms with Gasteiger partial charge in [0.05, 0.1) is 4.92 Å². The van der Waals surface area contributed by atoms with Crippen molar-refractivity contribution in [3.63, 3.8) is 0 Å². The molecule has 2 rings (SSSR count). The fourth-order valence-corrected chi connectivity index (χ4v) is 2.11. The molecular weight excluding hydrogens is 381 g/mol. The third-order valence-corrected chi connectivity index (χ3v) is 3.50. The topological polar surface area (TPSA) is 52.4 Å². The van der Waals surface area contributed by atoms with Gasteiger partial charge in [0, 0.05) is 15.7 Å². The van der Waals surface area contributed by atoms with E-state index in [-0.39, 0.29) is 10.7 Å². The zero-order valence-corrected chi connectivity index (χ0v) is 12.8. The predicted molar refractivity (Wildman–Crippen MR) is 82.1 cm³/mol. The second kappa shape index (κ2) is 5.75. The minimum absolute atomic E-state index is 0.0658. The van der Waals surface area contributed by atoms with Crippen LogP contribution < -0.4 is 4.74 Å². The van der Waals surface area contributed by atoms with Crippen molar-refractivity contribution in [2.24, 2.45) is 0 Å². The molecule has 0 spiro atoms. The predicted octanol–water partition coefficient (Wildman–Crippen LogP) is 4.95. The van der Waals surface area contributed by atoms with Gasteiger partial charge in [-0.25, -0.2) is 0 Å². The first-order chi connectivity index (χ1) is 8.97. The first-order valence-electron chi connectivity index (χ1n) is 5.35. The summed E-state index contributed by atoms with van der Waals surface area (Å²) in [5, 5.41) is 10.8. The molecule has 2 aromatic carbocycles. The minimum atomic E-state index is -0.510. The molecule has 0 aliphatic heterocycles. The Hall–Kier alpha value is -1.34. The standard InChI is InChI=1S/C13H9ClINO3/c1-8-6-12(16(17)18)11(14)7-13(8)19-10-4-2-9(15)3-5-10/h2-7H,1H3. The molecule has 0 aliphatic carbocycles. The van der Waals surface area contributed by atoms with E-state index >= 15 is 0 Å². The fourth-order valence-electron chi connectivity index (χ4n) is 1.53. The molecule has 4 nitrogen and oxygen atoms in total. The number of nitrogens with zero attached hydrogens (tertiary/aromatic N) is 1. The summed E-state index contributed by atoms with van der Waals surface area (Å²) in [7, 11) is 0. The van der Waals surface area contributed by atoms with Crippen LogP contribution in [-0.2, 0) is 0 Å². The van der Waals surface area contributed by atoms with E-state index < -0.39 is 4.92 Å². The normalized spacial score (nSPS) is 10.3. The third kappa shape index (κ3) is 3.36. The van der Waals surface area contributed by atoms with Gasteiger partial charge in [0.1, 0.15) is 16.5 Å². The van der Waals surface area contributed by atoms with Crippen LogP contribution in [0.5, 0.6) is 11.5 Å². The molecule has 6 heteroatoms. The van der Waals surface area contributed by atoms with Crippen LogP contribution >= 0.6 is 34.2 Å². The van der Waals surface area contributed by atoms with Crippen LogP contribution in [0.1, 0.15) is 5.56 Å². The molecule has 19 heavy (non-hydrogen) atoms. The van der Waals surface area contributed by atoms with Crippen molar-refractivity contribution < 1.29 is 9.66 Å². The average molecular weight is 390 g/mol. The molecule has 2 aromatic rings. The highest BCUT2D eigenvalue weighted by Crippen LogP contribution is 2.34. The second-order valence-corrected chi connectivity index (χ2v) is 5.54. The molecule has 0 saturated carbocycles. The van der Waals surface area contributed by atoms with Gasteiger partial charge in [-0.2, -0.15) is 0 Å². The Morgan fingerprint density at radius 1 is 1.26 bits per heavy atom. The van der Waals surface area contributed by atoms with E-state index in [0.717, 1.165) is 3.57 Å². The van der Waals surface area contributed by atoms with Gasteiger partial charge in [0.2, 0.25) is 0 Å². The molecule has 98 valence electrons. The van der Waals surface area contributed by atoms with Gasteiger partial charge < -0.3 is 4.74 Å². The van der Waals surface area contributed by atoms with E-state index in [1.165, 1.54) is 12.1 Å². The lowest BCUT2D eigenvalue weighted by Gasteiger charge is -2.09. The summed E-state index contributed by atoms with van der Waals surface area (Å²) in [6.07, 6.45) is 0. The number of rotatable bonds is 3. The van der Waals surface area contributed by atoms with Crippen LogP contribution in [0.4, 0.5) is 5.69 Å². The average Bonchev–Trinajstić information content (AvgIpc) is 2.35. The molecule has 0 unspecified atom stereocenters. The first-order valence-corrected chi connectivity index (χ1v) is 6.81. The van der Waals surface area contributed by atoms with Crippen LogP contribution in [0.2, 0.25) is 5.02 Å². The number of nitro groups is 1. The Balaban J connectivity index is 2.33. The monoisotopic (exact) mass is 389 g/mol. The van der Waals surface area contributed by atoms with Crippen molar-refractivity contribution >= 4 is 39.9 Å². The van der Waals surface area contributed by atoms with Crippen LogP contribution in [0.3, 0.4) is 0 Å². The Labute approximate surface area is 128 Å². The largest absolute Gasteiger partial charge is 0.457 e. The van der Waals surface area contributed by atoms with E-state index in [1.807, 2.05) is 24.3 Å². The second-order valence-electron chi connectivity index (χ2n) is 3.88. The summed E-state index contributed by atoms with van der Waals surface area (Å²) in [6.45, 7) is 1.74. The number of nitro benzene ring substituents is 1. The zero-order valence-electron chi connectivity index (χ0n) is 9.89. The number of aryl methyl sites for hydroxylation is 1. The molecule has 0 heterocycles. The molecule has 0 aliphatic rings. The Bertz CT molecular complexity index is 629. The lowest BCUT2D eigenvalue weighted by atomic mass is 10.2. The van der Waals surface area contributed by atoms with E-state index in [0.29, 0.717) is 17.1 Å². The summed E-state index contributed by atoms with van der Waals surface area (Å²) in [5.74, 6) is 1.17. The van der Waals surface area contributed by atoms with Gasteiger partial charge in [-0.3, -0.25) is 10.1 Å². The van der Waals surface area contributed by atoms with Gasteiger partial charge in [0.15, 0.2) is 0 Å². The van der Waals surface area contributed by atoms with Crippen molar-refractivity contribution in [3.8, 4) is 11.5 Å². The minimum Gasteiger partial charge on any atom is -0.457 e. The highest BCUT2D eigenvalue weighted by Gasteiger charge is 2.16. The zero-order chi connectivity index (χ0) is 14.0. The van der Waals surface area contributed by atoms with Crippen LogP contribution in [-0.4, -0.2) is 4.92 Å². The van der Waals surface area contributed by atoms with Gasteiger partial charge >= 0.3 is 0 Å². The smallest absolute Gasteiger partial charge is 0.288 e. The van der Waals surface area contributed by atoms with Crippen LogP contribution in [0.15, 0.2) is 36.4 Å². The highest BCUT2D eigenvalue weighted by atomic mass is 127. The molecule has 0 aromatic heterocycles. The Kier molecular flexibility index (Phi) is 4.26. The van der Waals surface area contributed by atoms with Gasteiger partial charge in [-0.1, -0.05) is 11.6 Å². The number of hydrogen-bond acceptors (Lipinski definition) is 3. The van der Waals surface area contributed by atoms with Gasteiger partial charge in [-0.05, 0) is 59.3 Å². The summed E-state index contributed by atoms with van der Waals surface area (Å²) in [6, 6.07) is 10.4. The molecule has 0 radical (unpaired) electrons. The first kappa shape index (κ1) is 14.1. The SMILES string of the molecule is Cc1cc([N+](=O)[O-])c(Cl)cc1Oc1ccc(I)cc1. The molecular formula is C13H9ClINO3. The van der Waals surface area contributed by atoms with E-state index in [1.54, 1.807) is 6.92 Å². The Morgan fingerprint density at radius 2 is 1.89 bits per heavy atom. The van der Waals surface area contributed by atoms with Crippen molar-refractivity contribution in [1.82, 2.24) is 0 Å². The lowest BCUT2D eigenvalue weighted by molar-refractivity contribution is -0.384. The maximum atomic E-state index is 10.8. The molecule has 0 bridgehead atoms. The van der Waals surface area contributed by atoms with Gasteiger partial charge in [-0.15, -0.1) is 0 Å². The van der Waals surface area contributed by atoms with Crippen molar-refractivity contribution in [1.29, 1.82) is 0 Å².